The van der Waals surface area contributed by atoms with E-state index in [0.717, 1.165) is 36.9 Å². The van der Waals surface area contributed by atoms with Crippen LogP contribution in [0.25, 0.3) is 0 Å². The summed E-state index contributed by atoms with van der Waals surface area (Å²) >= 11 is 1.45. The van der Waals surface area contributed by atoms with Crippen LogP contribution >= 0.6 is 11.5 Å². The second kappa shape index (κ2) is 4.45. The first-order valence-corrected chi connectivity index (χ1v) is 6.17. The summed E-state index contributed by atoms with van der Waals surface area (Å²) in [7, 11) is 0. The van der Waals surface area contributed by atoms with Crippen LogP contribution in [0, 0.1) is 12.8 Å². The summed E-state index contributed by atoms with van der Waals surface area (Å²) in [6, 6.07) is 0. The Morgan fingerprint density at radius 2 is 2.40 bits per heavy atom. The molecule has 1 aliphatic rings. The van der Waals surface area contributed by atoms with Crippen LogP contribution in [0.5, 0.6) is 0 Å². The summed E-state index contributed by atoms with van der Waals surface area (Å²) in [5.74, 6) is 1.22. The van der Waals surface area contributed by atoms with E-state index in [1.54, 1.807) is 0 Å². The fourth-order valence-electron chi connectivity index (χ4n) is 1.99. The smallest absolute Gasteiger partial charge is 0.205 e. The van der Waals surface area contributed by atoms with Crippen LogP contribution in [0.2, 0.25) is 0 Å². The van der Waals surface area contributed by atoms with Gasteiger partial charge in [0.15, 0.2) is 0 Å². The van der Waals surface area contributed by atoms with E-state index in [4.69, 9.17) is 0 Å². The molecule has 2 atom stereocenters. The van der Waals surface area contributed by atoms with Gasteiger partial charge in [-0.3, -0.25) is 0 Å². The van der Waals surface area contributed by atoms with Crippen LogP contribution < -0.4 is 4.90 Å². The second-order valence-electron chi connectivity index (χ2n) is 4.21. The number of aryl methyl sites for hydroxylation is 1. The number of nitrogens with zero attached hydrogens (tertiary/aromatic N) is 3. The van der Waals surface area contributed by atoms with Crippen LogP contribution in [-0.4, -0.2) is 33.7 Å². The van der Waals surface area contributed by atoms with Crippen molar-refractivity contribution in [2.45, 2.75) is 32.8 Å². The van der Waals surface area contributed by atoms with Crippen LogP contribution in [0.15, 0.2) is 0 Å². The Morgan fingerprint density at radius 3 is 3.00 bits per heavy atom. The molecule has 1 aromatic heterocycles. The molecule has 0 saturated carbocycles. The number of piperidine rings is 1. The van der Waals surface area contributed by atoms with E-state index in [2.05, 4.69) is 14.3 Å². The quantitative estimate of drug-likeness (QED) is 0.830. The van der Waals surface area contributed by atoms with Gasteiger partial charge in [0, 0.05) is 30.5 Å². The summed E-state index contributed by atoms with van der Waals surface area (Å²) in [5, 5.41) is 10.6. The van der Waals surface area contributed by atoms with Gasteiger partial charge < -0.3 is 10.0 Å². The monoisotopic (exact) mass is 227 g/mol. The summed E-state index contributed by atoms with van der Waals surface area (Å²) in [6.45, 7) is 5.74. The molecule has 15 heavy (non-hydrogen) atoms. The Kier molecular flexibility index (Phi) is 3.21. The minimum Gasteiger partial charge on any atom is -0.393 e. The maximum Gasteiger partial charge on any atom is 0.205 e. The predicted octanol–water partition coefficient (Wildman–Crippen LogP) is 1.44. The molecule has 2 heterocycles. The molecule has 0 amide bonds. The van der Waals surface area contributed by atoms with Gasteiger partial charge in [-0.15, -0.1) is 0 Å². The normalized spacial score (nSPS) is 24.2. The summed E-state index contributed by atoms with van der Waals surface area (Å²) in [6.07, 6.45) is 2.03. The fourth-order valence-corrected chi connectivity index (χ4v) is 2.70. The van der Waals surface area contributed by atoms with E-state index >= 15 is 0 Å². The first-order valence-electron chi connectivity index (χ1n) is 5.40. The largest absolute Gasteiger partial charge is 0.393 e. The van der Waals surface area contributed by atoms with Gasteiger partial charge in [-0.05, 0) is 26.7 Å². The van der Waals surface area contributed by atoms with Crippen molar-refractivity contribution in [3.63, 3.8) is 0 Å². The number of aliphatic hydroxyl groups excluding tert-OH is 1. The highest BCUT2D eigenvalue weighted by atomic mass is 32.1. The number of aliphatic hydroxyl groups is 1. The molecular formula is C10H17N3OS. The Bertz CT molecular complexity index is 326. The Labute approximate surface area is 94.1 Å². The Balaban J connectivity index is 2.04. The maximum atomic E-state index is 9.59. The second-order valence-corrected chi connectivity index (χ2v) is 4.94. The van der Waals surface area contributed by atoms with Crippen LogP contribution in [0.1, 0.15) is 25.6 Å². The van der Waals surface area contributed by atoms with E-state index in [-0.39, 0.29) is 6.10 Å². The Hall–Kier alpha value is -0.680. The third-order valence-corrected chi connectivity index (χ3v) is 3.80. The number of aromatic nitrogens is 2. The summed E-state index contributed by atoms with van der Waals surface area (Å²) in [5.41, 5.74) is 0. The topological polar surface area (TPSA) is 49.2 Å². The van der Waals surface area contributed by atoms with Crippen molar-refractivity contribution in [3.05, 3.63) is 5.82 Å². The standard InChI is InChI=1S/C10H17N3OS/c1-7(14)9-4-3-5-13(6-9)10-11-8(2)12-15-10/h7,9,14H,3-6H2,1-2H3. The molecule has 2 unspecified atom stereocenters. The molecule has 1 saturated heterocycles. The van der Waals surface area contributed by atoms with Gasteiger partial charge in [-0.1, -0.05) is 0 Å². The molecule has 4 nitrogen and oxygen atoms in total. The first kappa shape index (κ1) is 10.8. The molecule has 2 rings (SSSR count). The maximum absolute atomic E-state index is 9.59. The zero-order chi connectivity index (χ0) is 10.8. The number of hydrogen-bond acceptors (Lipinski definition) is 5. The van der Waals surface area contributed by atoms with Crippen molar-refractivity contribution in [1.29, 1.82) is 0 Å². The van der Waals surface area contributed by atoms with E-state index < -0.39 is 0 Å². The zero-order valence-electron chi connectivity index (χ0n) is 9.18. The predicted molar refractivity (Wildman–Crippen MR) is 61.3 cm³/mol. The SMILES string of the molecule is Cc1nsc(N2CCCC(C(C)O)C2)n1. The number of rotatable bonds is 2. The molecule has 1 aliphatic heterocycles. The molecule has 0 bridgehead atoms. The lowest BCUT2D eigenvalue weighted by Gasteiger charge is -2.33. The minimum absolute atomic E-state index is 0.221. The summed E-state index contributed by atoms with van der Waals surface area (Å²) in [4.78, 5) is 6.62. The summed E-state index contributed by atoms with van der Waals surface area (Å²) < 4.78 is 4.19. The van der Waals surface area contributed by atoms with Gasteiger partial charge in [0.2, 0.25) is 5.13 Å². The van der Waals surface area contributed by atoms with Gasteiger partial charge >= 0.3 is 0 Å². The lowest BCUT2D eigenvalue weighted by atomic mass is 9.94. The van der Waals surface area contributed by atoms with Crippen molar-refractivity contribution in [3.8, 4) is 0 Å². The van der Waals surface area contributed by atoms with Crippen LogP contribution in [0.3, 0.4) is 0 Å². The first-order chi connectivity index (χ1) is 7.16. The lowest BCUT2D eigenvalue weighted by molar-refractivity contribution is 0.115. The van der Waals surface area contributed by atoms with Crippen molar-refractivity contribution in [2.75, 3.05) is 18.0 Å². The average Bonchev–Trinajstić information content (AvgIpc) is 2.65. The molecule has 0 radical (unpaired) electrons. The lowest BCUT2D eigenvalue weighted by Crippen LogP contribution is -2.39. The average molecular weight is 227 g/mol. The molecular weight excluding hydrogens is 210 g/mol. The van der Waals surface area contributed by atoms with Gasteiger partial charge in [0.25, 0.3) is 0 Å². The van der Waals surface area contributed by atoms with E-state index in [9.17, 15) is 5.11 Å². The number of anilines is 1. The van der Waals surface area contributed by atoms with Crippen molar-refractivity contribution >= 4 is 16.7 Å². The zero-order valence-corrected chi connectivity index (χ0v) is 10.00. The van der Waals surface area contributed by atoms with Gasteiger partial charge in [-0.25, -0.2) is 4.98 Å². The van der Waals surface area contributed by atoms with Gasteiger partial charge in [0.05, 0.1) is 6.10 Å². The highest BCUT2D eigenvalue weighted by Gasteiger charge is 2.25. The molecule has 0 aromatic carbocycles. The van der Waals surface area contributed by atoms with Crippen LogP contribution in [-0.2, 0) is 0 Å². The van der Waals surface area contributed by atoms with Crippen LogP contribution in [0.4, 0.5) is 5.13 Å². The van der Waals surface area contributed by atoms with E-state index in [0.29, 0.717) is 5.92 Å². The fraction of sp³-hybridized carbons (Fsp3) is 0.800. The Morgan fingerprint density at radius 1 is 1.60 bits per heavy atom. The highest BCUT2D eigenvalue weighted by molar-refractivity contribution is 7.09. The van der Waals surface area contributed by atoms with Crippen molar-refractivity contribution < 1.29 is 5.11 Å². The minimum atomic E-state index is -0.221. The third kappa shape index (κ3) is 2.46. The molecule has 5 heteroatoms. The van der Waals surface area contributed by atoms with Gasteiger partial charge in [0.1, 0.15) is 5.82 Å². The van der Waals surface area contributed by atoms with Crippen molar-refractivity contribution in [1.82, 2.24) is 9.36 Å². The molecule has 1 aromatic rings. The molecule has 84 valence electrons. The van der Waals surface area contributed by atoms with Crippen molar-refractivity contribution in [2.24, 2.45) is 5.92 Å². The molecule has 0 aliphatic carbocycles. The highest BCUT2D eigenvalue weighted by Crippen LogP contribution is 2.25. The van der Waals surface area contributed by atoms with Gasteiger partial charge in [-0.2, -0.15) is 4.37 Å². The van der Waals surface area contributed by atoms with E-state index in [1.807, 2.05) is 13.8 Å². The molecule has 0 spiro atoms. The number of hydrogen-bond donors (Lipinski definition) is 1. The third-order valence-electron chi connectivity index (χ3n) is 2.93. The molecule has 1 fully saturated rings. The van der Waals surface area contributed by atoms with E-state index in [1.165, 1.54) is 11.5 Å². The molecule has 1 N–H and O–H groups in total.